The second-order valence-corrected chi connectivity index (χ2v) is 10.1. The summed E-state index contributed by atoms with van der Waals surface area (Å²) in [6.45, 7) is 6.41. The molecular weight excluding hydrogens is 490 g/mol. The summed E-state index contributed by atoms with van der Waals surface area (Å²) in [5.41, 5.74) is 4.22. The minimum absolute atomic E-state index is 0. The molecule has 2 N–H and O–H groups in total. The Hall–Kier alpha value is -4.26. The van der Waals surface area contributed by atoms with Crippen molar-refractivity contribution >= 4 is 22.7 Å². The van der Waals surface area contributed by atoms with Crippen molar-refractivity contribution < 1.29 is 20.5 Å². The maximum Gasteiger partial charge on any atom is 0.258 e. The van der Waals surface area contributed by atoms with Crippen LogP contribution < -0.4 is 14.8 Å². The summed E-state index contributed by atoms with van der Waals surface area (Å²) in [5, 5.41) is 4.21. The van der Waals surface area contributed by atoms with Crippen LogP contribution in [0.1, 0.15) is 44.8 Å². The number of aromatic amines is 1. The molecule has 0 spiro atoms. The van der Waals surface area contributed by atoms with Crippen LogP contribution in [0.2, 0.25) is 0 Å². The largest absolute Gasteiger partial charge is 0.496 e. The van der Waals surface area contributed by atoms with Crippen LogP contribution in [0.5, 0.6) is 11.5 Å². The van der Waals surface area contributed by atoms with Crippen molar-refractivity contribution in [2.24, 2.45) is 0 Å². The van der Waals surface area contributed by atoms with Crippen LogP contribution in [-0.2, 0) is 22.6 Å². The molecule has 1 atom stereocenters. The first-order valence-corrected chi connectivity index (χ1v) is 13.3. The van der Waals surface area contributed by atoms with E-state index in [1.807, 2.05) is 72.9 Å². The lowest BCUT2D eigenvalue weighted by Gasteiger charge is -2.28. The first kappa shape index (κ1) is 27.8. The summed E-state index contributed by atoms with van der Waals surface area (Å²) in [4.78, 5) is 30.8. The second-order valence-electron chi connectivity index (χ2n) is 10.1. The number of benzene rings is 3. The van der Waals surface area contributed by atoms with Gasteiger partial charge in [-0.05, 0) is 47.7 Å². The molecule has 0 saturated carbocycles. The fraction of sp³-hybridized carbons (Fsp3) is 0.312. The van der Waals surface area contributed by atoms with Gasteiger partial charge in [0.15, 0.2) is 6.61 Å². The molecule has 0 bridgehead atoms. The molecule has 3 aromatic carbocycles. The minimum Gasteiger partial charge on any atom is -0.496 e. The first-order chi connectivity index (χ1) is 18.8. The van der Waals surface area contributed by atoms with Crippen LogP contribution >= 0.6 is 0 Å². The zero-order valence-electron chi connectivity index (χ0n) is 23.1. The minimum atomic E-state index is -0.331. The molecule has 0 saturated heterocycles. The van der Waals surface area contributed by atoms with Gasteiger partial charge in [0.25, 0.3) is 5.91 Å². The summed E-state index contributed by atoms with van der Waals surface area (Å²) in [7, 11) is 1.62. The Bertz CT molecular complexity index is 1400. The summed E-state index contributed by atoms with van der Waals surface area (Å²) < 4.78 is 11.3. The van der Waals surface area contributed by atoms with E-state index in [9.17, 15) is 9.59 Å². The smallest absolute Gasteiger partial charge is 0.258 e. The van der Waals surface area contributed by atoms with Crippen molar-refractivity contribution in [1.29, 1.82) is 0 Å². The highest BCUT2D eigenvalue weighted by Crippen LogP contribution is 2.22. The number of carbonyl (C=O) groups excluding carboxylic acids is 2. The highest BCUT2D eigenvalue weighted by Gasteiger charge is 2.22. The number of hydrogen-bond donors (Lipinski definition) is 2. The maximum atomic E-state index is 13.0. The number of ether oxygens (including phenoxy) is 2. The van der Waals surface area contributed by atoms with E-state index in [0.29, 0.717) is 31.2 Å². The molecular formula is C32H39N3O4. The van der Waals surface area contributed by atoms with E-state index in [2.05, 4.69) is 30.2 Å². The summed E-state index contributed by atoms with van der Waals surface area (Å²) in [5.74, 6) is 1.46. The van der Waals surface area contributed by atoms with Gasteiger partial charge >= 0.3 is 0 Å². The van der Waals surface area contributed by atoms with Gasteiger partial charge in [-0.2, -0.15) is 0 Å². The number of methoxy groups -OCH3 is 1. The number of amides is 2. The molecule has 0 fully saturated rings. The number of rotatable bonds is 12. The number of carbonyl (C=O) groups is 2. The van der Waals surface area contributed by atoms with Gasteiger partial charge in [-0.3, -0.25) is 9.59 Å². The number of para-hydroxylation sites is 2. The van der Waals surface area contributed by atoms with Gasteiger partial charge in [-0.15, -0.1) is 0 Å². The third kappa shape index (κ3) is 7.41. The molecule has 1 unspecified atom stereocenters. The normalized spacial score (nSPS) is 11.8. The zero-order chi connectivity index (χ0) is 27.8. The van der Waals surface area contributed by atoms with E-state index in [1.54, 1.807) is 18.9 Å². The number of hydrogen-bond acceptors (Lipinski definition) is 4. The van der Waals surface area contributed by atoms with E-state index < -0.39 is 0 Å². The van der Waals surface area contributed by atoms with Gasteiger partial charge in [0.05, 0.1) is 13.2 Å². The van der Waals surface area contributed by atoms with E-state index in [0.717, 1.165) is 27.8 Å². The van der Waals surface area contributed by atoms with Crippen LogP contribution in [-0.4, -0.2) is 48.0 Å². The molecule has 7 heteroatoms. The van der Waals surface area contributed by atoms with Crippen molar-refractivity contribution in [1.82, 2.24) is 15.2 Å². The van der Waals surface area contributed by atoms with Crippen molar-refractivity contribution in [2.75, 3.05) is 20.3 Å². The predicted octanol–water partition coefficient (Wildman–Crippen LogP) is 5.70. The first-order valence-electron chi connectivity index (χ1n) is 13.3. The quantitative estimate of drug-likeness (QED) is 0.247. The van der Waals surface area contributed by atoms with Gasteiger partial charge < -0.3 is 24.7 Å². The van der Waals surface area contributed by atoms with Crippen LogP contribution in [0.15, 0.2) is 79.0 Å². The highest BCUT2D eigenvalue weighted by molar-refractivity contribution is 5.83. The highest BCUT2D eigenvalue weighted by atomic mass is 16.5. The molecule has 39 heavy (non-hydrogen) atoms. The zero-order valence-corrected chi connectivity index (χ0v) is 23.1. The van der Waals surface area contributed by atoms with Crippen molar-refractivity contribution in [3.63, 3.8) is 0 Å². The van der Waals surface area contributed by atoms with Gasteiger partial charge in [0.1, 0.15) is 11.5 Å². The second kappa shape index (κ2) is 13.0. The van der Waals surface area contributed by atoms with E-state index >= 15 is 0 Å². The average molecular weight is 530 g/mol. The third-order valence-electron chi connectivity index (χ3n) is 6.86. The van der Waals surface area contributed by atoms with Crippen molar-refractivity contribution in [2.45, 2.75) is 45.7 Å². The topological polar surface area (TPSA) is 83.7 Å². The molecule has 0 aliphatic carbocycles. The van der Waals surface area contributed by atoms with E-state index in [4.69, 9.17) is 9.47 Å². The standard InChI is InChI=1S/C32H37N3O4.H2/c1-22(2)24-13-15-28(16-14-24)39-21-32(37)34-27(17-26-18-33-30-11-7-6-10-29(26)30)20-35(23(3)36)19-25-9-5-8-12-31(25)38-4;/h5-16,18,22,27,33H,17,19-21H2,1-4H3,(H,34,37);1H. The number of nitrogens with zero attached hydrogens (tertiary/aromatic N) is 1. The summed E-state index contributed by atoms with van der Waals surface area (Å²) in [6, 6.07) is 23.2. The fourth-order valence-electron chi connectivity index (χ4n) is 4.70. The lowest BCUT2D eigenvalue weighted by atomic mass is 10.0. The lowest BCUT2D eigenvalue weighted by Crippen LogP contribution is -2.47. The Morgan fingerprint density at radius 1 is 0.974 bits per heavy atom. The monoisotopic (exact) mass is 529 g/mol. The number of H-pyrrole nitrogens is 1. The van der Waals surface area contributed by atoms with Crippen LogP contribution in [0.4, 0.5) is 0 Å². The fourth-order valence-corrected chi connectivity index (χ4v) is 4.70. The van der Waals surface area contributed by atoms with Crippen LogP contribution in [0, 0.1) is 0 Å². The van der Waals surface area contributed by atoms with Crippen LogP contribution in [0.3, 0.4) is 0 Å². The van der Waals surface area contributed by atoms with Crippen molar-refractivity contribution in [3.8, 4) is 11.5 Å². The number of nitrogens with one attached hydrogen (secondary N) is 2. The average Bonchev–Trinajstić information content (AvgIpc) is 3.34. The SMILES string of the molecule is COc1ccccc1CN(CC(Cc1c[nH]c2ccccc12)NC(=O)COc1ccc(C(C)C)cc1)C(C)=O.[HH]. The number of fused-ring (bicyclic) bond motifs is 1. The van der Waals surface area contributed by atoms with Gasteiger partial charge in [0.2, 0.25) is 5.91 Å². The Labute approximate surface area is 231 Å². The lowest BCUT2D eigenvalue weighted by molar-refractivity contribution is -0.131. The Morgan fingerprint density at radius 3 is 2.41 bits per heavy atom. The maximum absolute atomic E-state index is 13.0. The van der Waals surface area contributed by atoms with Crippen LogP contribution in [0.25, 0.3) is 10.9 Å². The third-order valence-corrected chi connectivity index (χ3v) is 6.86. The molecule has 2 amide bonds. The molecule has 0 aliphatic heterocycles. The van der Waals surface area contributed by atoms with Gasteiger partial charge in [-0.25, -0.2) is 0 Å². The molecule has 4 rings (SSSR count). The van der Waals surface area contributed by atoms with Gasteiger partial charge in [-0.1, -0.05) is 62.4 Å². The molecule has 0 radical (unpaired) electrons. The molecule has 0 aliphatic rings. The van der Waals surface area contributed by atoms with Gasteiger partial charge in [0, 0.05) is 44.1 Å². The summed E-state index contributed by atoms with van der Waals surface area (Å²) >= 11 is 0. The Morgan fingerprint density at radius 2 is 1.69 bits per heavy atom. The number of aromatic nitrogens is 1. The van der Waals surface area contributed by atoms with E-state index in [1.165, 1.54) is 5.56 Å². The molecule has 1 aromatic heterocycles. The molecule has 1 heterocycles. The summed E-state index contributed by atoms with van der Waals surface area (Å²) in [6.07, 6.45) is 2.52. The predicted molar refractivity (Wildman–Crippen MR) is 156 cm³/mol. The van der Waals surface area contributed by atoms with E-state index in [-0.39, 0.29) is 25.9 Å². The molecule has 206 valence electrons. The molecule has 7 nitrogen and oxygen atoms in total. The Balaban J connectivity index is 0.00000441. The van der Waals surface area contributed by atoms with Crippen molar-refractivity contribution in [3.05, 3.63) is 95.7 Å². The Kier molecular flexibility index (Phi) is 9.26. The molecule has 4 aromatic rings.